The van der Waals surface area contributed by atoms with Crippen molar-refractivity contribution >= 4 is 5.95 Å². The number of anilines is 1. The van der Waals surface area contributed by atoms with Crippen molar-refractivity contribution < 1.29 is 4.74 Å². The van der Waals surface area contributed by atoms with E-state index in [1.165, 1.54) is 32.1 Å². The number of nitrogens with one attached hydrogen (secondary N) is 1. The Kier molecular flexibility index (Phi) is 3.92. The van der Waals surface area contributed by atoms with E-state index in [0.29, 0.717) is 17.6 Å². The van der Waals surface area contributed by atoms with Crippen LogP contribution < -0.4 is 5.32 Å². The topological polar surface area (TPSA) is 47.0 Å². The molecule has 1 aromatic heterocycles. The van der Waals surface area contributed by atoms with Gasteiger partial charge < -0.3 is 10.1 Å². The van der Waals surface area contributed by atoms with Crippen LogP contribution in [0.1, 0.15) is 51.0 Å². The normalized spacial score (nSPS) is 28.1. The molecular weight excluding hydrogens is 250 g/mol. The molecule has 0 bridgehead atoms. The first-order valence-electron chi connectivity index (χ1n) is 7.91. The van der Waals surface area contributed by atoms with Crippen molar-refractivity contribution in [1.29, 1.82) is 0 Å². The summed E-state index contributed by atoms with van der Waals surface area (Å²) in [5.41, 5.74) is 1.42. The van der Waals surface area contributed by atoms with E-state index in [4.69, 9.17) is 4.74 Å². The zero-order valence-electron chi connectivity index (χ0n) is 12.6. The maximum Gasteiger partial charge on any atom is 0.222 e. The average Bonchev–Trinajstić information content (AvgIpc) is 2.49. The smallest absolute Gasteiger partial charge is 0.222 e. The van der Waals surface area contributed by atoms with Gasteiger partial charge >= 0.3 is 0 Å². The van der Waals surface area contributed by atoms with Crippen molar-refractivity contribution in [2.45, 2.75) is 64.5 Å². The molecule has 0 aromatic carbocycles. The first kappa shape index (κ1) is 13.8. The first-order chi connectivity index (χ1) is 9.74. The van der Waals surface area contributed by atoms with E-state index in [0.717, 1.165) is 24.5 Å². The van der Waals surface area contributed by atoms with Crippen LogP contribution in [-0.2, 0) is 4.74 Å². The van der Waals surface area contributed by atoms with Crippen LogP contribution in [-0.4, -0.2) is 28.7 Å². The molecule has 1 aromatic rings. The van der Waals surface area contributed by atoms with E-state index in [2.05, 4.69) is 22.2 Å². The van der Waals surface area contributed by atoms with Gasteiger partial charge in [-0.05, 0) is 38.7 Å². The van der Waals surface area contributed by atoms with E-state index in [9.17, 15) is 0 Å². The van der Waals surface area contributed by atoms with Gasteiger partial charge in [-0.3, -0.25) is 0 Å². The Balaban J connectivity index is 1.71. The number of aromatic nitrogens is 2. The van der Waals surface area contributed by atoms with Gasteiger partial charge in [-0.15, -0.1) is 0 Å². The lowest BCUT2D eigenvalue weighted by molar-refractivity contribution is -0.134. The molecule has 110 valence electrons. The Morgan fingerprint density at radius 2 is 1.95 bits per heavy atom. The molecule has 2 saturated carbocycles. The molecule has 1 N–H and O–H groups in total. The minimum Gasteiger partial charge on any atom is -0.378 e. The Labute approximate surface area is 121 Å². The molecule has 20 heavy (non-hydrogen) atoms. The molecule has 2 atom stereocenters. The predicted molar refractivity (Wildman–Crippen MR) is 79.7 cm³/mol. The summed E-state index contributed by atoms with van der Waals surface area (Å²) in [4.78, 5) is 8.77. The second-order valence-corrected chi connectivity index (χ2v) is 6.25. The molecule has 2 unspecified atom stereocenters. The van der Waals surface area contributed by atoms with Gasteiger partial charge in [0.1, 0.15) is 0 Å². The van der Waals surface area contributed by atoms with Crippen molar-refractivity contribution in [2.75, 3.05) is 11.9 Å². The summed E-state index contributed by atoms with van der Waals surface area (Å²) in [6.07, 6.45) is 11.9. The molecule has 1 spiro atoms. The van der Waals surface area contributed by atoms with E-state index in [-0.39, 0.29) is 0 Å². The van der Waals surface area contributed by atoms with Gasteiger partial charge in [0.05, 0.1) is 6.10 Å². The fraction of sp³-hybridized carbons (Fsp3) is 0.750. The molecular formula is C16H25N3O. The van der Waals surface area contributed by atoms with Gasteiger partial charge in [-0.2, -0.15) is 0 Å². The number of rotatable bonds is 4. The highest BCUT2D eigenvalue weighted by Crippen LogP contribution is 2.54. The van der Waals surface area contributed by atoms with Gasteiger partial charge in [0, 0.05) is 30.5 Å². The molecule has 2 fully saturated rings. The summed E-state index contributed by atoms with van der Waals surface area (Å²) < 4.78 is 5.98. The summed E-state index contributed by atoms with van der Waals surface area (Å²) >= 11 is 0. The van der Waals surface area contributed by atoms with Gasteiger partial charge in [-0.25, -0.2) is 9.97 Å². The lowest BCUT2D eigenvalue weighted by atomic mass is 9.55. The van der Waals surface area contributed by atoms with Gasteiger partial charge in [0.25, 0.3) is 0 Å². The molecule has 0 saturated heterocycles. The monoisotopic (exact) mass is 275 g/mol. The third-order valence-electron chi connectivity index (χ3n) is 5.02. The lowest BCUT2D eigenvalue weighted by Gasteiger charge is -2.57. The van der Waals surface area contributed by atoms with E-state index >= 15 is 0 Å². The Morgan fingerprint density at radius 1 is 1.25 bits per heavy atom. The minimum absolute atomic E-state index is 0.322. The molecule has 0 aliphatic heterocycles. The maximum atomic E-state index is 5.98. The zero-order valence-corrected chi connectivity index (χ0v) is 12.6. The number of hydrogen-bond donors (Lipinski definition) is 1. The molecule has 0 radical (unpaired) electrons. The van der Waals surface area contributed by atoms with Crippen LogP contribution in [0.2, 0.25) is 0 Å². The third-order valence-corrected chi connectivity index (χ3v) is 5.02. The van der Waals surface area contributed by atoms with Crippen molar-refractivity contribution in [3.63, 3.8) is 0 Å². The second-order valence-electron chi connectivity index (χ2n) is 6.25. The van der Waals surface area contributed by atoms with Crippen LogP contribution in [0, 0.1) is 12.3 Å². The van der Waals surface area contributed by atoms with Crippen LogP contribution in [0.3, 0.4) is 0 Å². The quantitative estimate of drug-likeness (QED) is 0.915. The Hall–Kier alpha value is -1.16. The lowest BCUT2D eigenvalue weighted by Crippen LogP contribution is -2.62. The molecule has 2 aliphatic rings. The summed E-state index contributed by atoms with van der Waals surface area (Å²) in [5.74, 6) is 0.764. The van der Waals surface area contributed by atoms with Crippen LogP contribution in [0.5, 0.6) is 0 Å². The van der Waals surface area contributed by atoms with Crippen LogP contribution in [0.4, 0.5) is 5.95 Å². The molecule has 0 amide bonds. The number of ether oxygens (including phenoxy) is 1. The Morgan fingerprint density at radius 3 is 2.60 bits per heavy atom. The van der Waals surface area contributed by atoms with Crippen LogP contribution in [0.25, 0.3) is 0 Å². The summed E-state index contributed by atoms with van der Waals surface area (Å²) in [6.45, 7) is 4.93. The van der Waals surface area contributed by atoms with E-state index < -0.39 is 0 Å². The van der Waals surface area contributed by atoms with E-state index in [1.54, 1.807) is 0 Å². The zero-order chi connectivity index (χ0) is 14.0. The van der Waals surface area contributed by atoms with Crippen LogP contribution in [0.15, 0.2) is 12.4 Å². The average molecular weight is 275 g/mol. The fourth-order valence-electron chi connectivity index (χ4n) is 3.89. The maximum absolute atomic E-state index is 5.98. The van der Waals surface area contributed by atoms with E-state index in [1.807, 2.05) is 19.3 Å². The van der Waals surface area contributed by atoms with Crippen molar-refractivity contribution in [3.8, 4) is 0 Å². The highest BCUT2D eigenvalue weighted by atomic mass is 16.5. The molecule has 1 heterocycles. The minimum atomic E-state index is 0.322. The highest BCUT2D eigenvalue weighted by Gasteiger charge is 2.55. The molecule has 4 heteroatoms. The largest absolute Gasteiger partial charge is 0.378 e. The third kappa shape index (κ3) is 2.41. The number of hydrogen-bond acceptors (Lipinski definition) is 4. The van der Waals surface area contributed by atoms with Crippen molar-refractivity contribution in [3.05, 3.63) is 18.0 Å². The SMILES string of the molecule is CCOC1CC(Nc2ncc(C)cn2)C12CCCCC2. The van der Waals surface area contributed by atoms with Gasteiger partial charge in [0.2, 0.25) is 5.95 Å². The van der Waals surface area contributed by atoms with Crippen molar-refractivity contribution in [1.82, 2.24) is 9.97 Å². The van der Waals surface area contributed by atoms with Gasteiger partial charge in [0.15, 0.2) is 0 Å². The predicted octanol–water partition coefficient (Wildman–Crippen LogP) is 3.32. The Bertz CT molecular complexity index is 440. The number of aryl methyl sites for hydroxylation is 1. The molecule has 3 rings (SSSR count). The second kappa shape index (κ2) is 5.68. The molecule has 4 nitrogen and oxygen atoms in total. The summed E-state index contributed by atoms with van der Waals surface area (Å²) in [7, 11) is 0. The summed E-state index contributed by atoms with van der Waals surface area (Å²) in [6, 6.07) is 0.474. The first-order valence-corrected chi connectivity index (χ1v) is 7.91. The van der Waals surface area contributed by atoms with Crippen LogP contribution >= 0.6 is 0 Å². The fourth-order valence-corrected chi connectivity index (χ4v) is 3.89. The standard InChI is InChI=1S/C16H25N3O/c1-3-20-14-9-13(16(14)7-5-4-6-8-16)19-15-17-10-12(2)11-18-15/h10-11,13-14H,3-9H2,1-2H3,(H,17,18,19). The summed E-state index contributed by atoms with van der Waals surface area (Å²) in [5, 5.41) is 3.55. The molecule has 2 aliphatic carbocycles. The number of nitrogens with zero attached hydrogens (tertiary/aromatic N) is 2. The van der Waals surface area contributed by atoms with Gasteiger partial charge in [-0.1, -0.05) is 19.3 Å². The van der Waals surface area contributed by atoms with Crippen molar-refractivity contribution in [2.24, 2.45) is 5.41 Å². The highest BCUT2D eigenvalue weighted by molar-refractivity contribution is 5.31.